The highest BCUT2D eigenvalue weighted by molar-refractivity contribution is 7.13. The van der Waals surface area contributed by atoms with Crippen LogP contribution in [0.2, 0.25) is 0 Å². The third-order valence-electron chi connectivity index (χ3n) is 6.66. The Hall–Kier alpha value is -5.11. The van der Waals surface area contributed by atoms with Crippen LogP contribution < -0.4 is 15.4 Å². The number of carbonyl (C=O) groups is 6. The lowest BCUT2D eigenvalue weighted by molar-refractivity contribution is -0.138. The first-order valence-corrected chi connectivity index (χ1v) is 16.4. The first kappa shape index (κ1) is 39.1. The zero-order valence-electron chi connectivity index (χ0n) is 27.9. The fourth-order valence-electron chi connectivity index (χ4n) is 4.23. The summed E-state index contributed by atoms with van der Waals surface area (Å²) in [7, 11) is 1.45. The summed E-state index contributed by atoms with van der Waals surface area (Å²) in [5.74, 6) is -3.11. The topological polar surface area (TPSA) is 175 Å². The number of anilines is 2. The molecule has 0 fully saturated rings. The second-order valence-corrected chi connectivity index (χ2v) is 11.6. The predicted octanol–water partition coefficient (Wildman–Crippen LogP) is 4.82. The van der Waals surface area contributed by atoms with Crippen LogP contribution in [0.4, 0.5) is 10.8 Å². The monoisotopic (exact) mass is 681 g/mol. The Labute approximate surface area is 284 Å². The summed E-state index contributed by atoms with van der Waals surface area (Å²) in [6, 6.07) is 12.4. The number of methoxy groups -OCH3 is 1. The molecule has 3 N–H and O–H groups in total. The van der Waals surface area contributed by atoms with Gasteiger partial charge in [0, 0.05) is 41.5 Å². The van der Waals surface area contributed by atoms with E-state index in [4.69, 9.17) is 4.74 Å². The molecule has 1 heterocycles. The molecule has 3 aromatic rings. The van der Waals surface area contributed by atoms with Gasteiger partial charge < -0.3 is 30.3 Å². The minimum Gasteiger partial charge on any atom is -0.497 e. The van der Waals surface area contributed by atoms with Gasteiger partial charge in [-0.25, -0.2) is 4.98 Å². The molecule has 0 radical (unpaired) electrons. The third kappa shape index (κ3) is 13.3. The van der Waals surface area contributed by atoms with Crippen LogP contribution in [0, 0.1) is 5.92 Å². The molecule has 0 bridgehead atoms. The van der Waals surface area contributed by atoms with Gasteiger partial charge in [-0.3, -0.25) is 28.8 Å². The summed E-state index contributed by atoms with van der Waals surface area (Å²) in [4.78, 5) is 82.6. The number of nitrogens with zero attached hydrogens (tertiary/aromatic N) is 3. The Morgan fingerprint density at radius 1 is 0.896 bits per heavy atom. The molecule has 0 aliphatic carbocycles. The van der Waals surface area contributed by atoms with E-state index < -0.39 is 48.3 Å². The van der Waals surface area contributed by atoms with Gasteiger partial charge in [-0.05, 0) is 42.7 Å². The van der Waals surface area contributed by atoms with Crippen molar-refractivity contribution in [3.63, 3.8) is 0 Å². The van der Waals surface area contributed by atoms with E-state index >= 15 is 0 Å². The number of benzene rings is 2. The van der Waals surface area contributed by atoms with Gasteiger partial charge >= 0.3 is 5.97 Å². The molecule has 1 aromatic heterocycles. The van der Waals surface area contributed by atoms with Gasteiger partial charge in [0.1, 0.15) is 12.3 Å². The number of carboxylic acid groups (broad SMARTS) is 1. The SMILES string of the molecule is CC.COc1cccc(C(=O)N(CCC(=O)O)CC(=O)N(CCC(C)C)CC(=O)Nc2cccc(C(=O)CC(=O)Nc3nccs3)c2)c1. The molecule has 0 unspecified atom stereocenters. The molecule has 0 aliphatic heterocycles. The van der Waals surface area contributed by atoms with Crippen molar-refractivity contribution >= 4 is 57.5 Å². The summed E-state index contributed by atoms with van der Waals surface area (Å²) in [6.07, 6.45) is 1.31. The van der Waals surface area contributed by atoms with Crippen LogP contribution in [-0.4, -0.2) is 88.6 Å². The van der Waals surface area contributed by atoms with Crippen LogP contribution in [0.15, 0.2) is 60.1 Å². The van der Waals surface area contributed by atoms with Crippen molar-refractivity contribution in [1.29, 1.82) is 0 Å². The fourth-order valence-corrected chi connectivity index (χ4v) is 4.78. The first-order valence-electron chi connectivity index (χ1n) is 15.5. The number of ether oxygens (including phenoxy) is 1. The summed E-state index contributed by atoms with van der Waals surface area (Å²) < 4.78 is 5.18. The van der Waals surface area contributed by atoms with Crippen molar-refractivity contribution in [3.8, 4) is 5.75 Å². The maximum Gasteiger partial charge on any atom is 0.305 e. The number of aromatic nitrogens is 1. The van der Waals surface area contributed by atoms with E-state index in [0.717, 1.165) is 4.90 Å². The van der Waals surface area contributed by atoms with E-state index in [2.05, 4.69) is 15.6 Å². The van der Waals surface area contributed by atoms with E-state index in [1.807, 2.05) is 27.7 Å². The van der Waals surface area contributed by atoms with E-state index in [0.29, 0.717) is 23.0 Å². The Morgan fingerprint density at radius 3 is 2.25 bits per heavy atom. The Kier molecular flexibility index (Phi) is 16.4. The second kappa shape index (κ2) is 20.2. The average molecular weight is 682 g/mol. The van der Waals surface area contributed by atoms with Gasteiger partial charge in [0.05, 0.1) is 26.5 Å². The zero-order chi connectivity index (χ0) is 35.6. The van der Waals surface area contributed by atoms with E-state index in [9.17, 15) is 33.9 Å². The van der Waals surface area contributed by atoms with Crippen molar-refractivity contribution in [2.24, 2.45) is 5.92 Å². The average Bonchev–Trinajstić information content (AvgIpc) is 3.58. The van der Waals surface area contributed by atoms with Crippen molar-refractivity contribution < 1.29 is 38.6 Å². The molecule has 14 heteroatoms. The van der Waals surface area contributed by atoms with Crippen LogP contribution in [0.5, 0.6) is 5.75 Å². The van der Waals surface area contributed by atoms with Crippen molar-refractivity contribution in [3.05, 3.63) is 71.2 Å². The number of thiazole rings is 1. The fraction of sp³-hybridized carbons (Fsp3) is 0.382. The smallest absolute Gasteiger partial charge is 0.305 e. The van der Waals surface area contributed by atoms with Crippen LogP contribution in [0.1, 0.15) is 67.7 Å². The van der Waals surface area contributed by atoms with Crippen molar-refractivity contribution in [1.82, 2.24) is 14.8 Å². The van der Waals surface area contributed by atoms with Crippen molar-refractivity contribution in [2.45, 2.75) is 47.0 Å². The van der Waals surface area contributed by atoms with Crippen molar-refractivity contribution in [2.75, 3.05) is 43.9 Å². The summed E-state index contributed by atoms with van der Waals surface area (Å²) in [5, 5.41) is 16.6. The highest BCUT2D eigenvalue weighted by Gasteiger charge is 2.25. The summed E-state index contributed by atoms with van der Waals surface area (Å²) in [5.41, 5.74) is 0.729. The lowest BCUT2D eigenvalue weighted by Crippen LogP contribution is -2.46. The van der Waals surface area contributed by atoms with E-state index in [1.54, 1.807) is 35.7 Å². The molecule has 0 saturated carbocycles. The number of ketones is 1. The van der Waals surface area contributed by atoms with Crippen LogP contribution in [0.3, 0.4) is 0 Å². The highest BCUT2D eigenvalue weighted by Crippen LogP contribution is 2.17. The maximum atomic E-state index is 13.5. The first-order chi connectivity index (χ1) is 22.9. The van der Waals surface area contributed by atoms with Gasteiger partial charge in [0.15, 0.2) is 10.9 Å². The van der Waals surface area contributed by atoms with E-state index in [1.165, 1.54) is 47.7 Å². The number of hydrogen-bond donors (Lipinski definition) is 3. The van der Waals surface area contributed by atoms with Gasteiger partial charge in [-0.2, -0.15) is 0 Å². The number of carboxylic acids is 1. The molecule has 0 saturated heterocycles. The molecule has 48 heavy (non-hydrogen) atoms. The predicted molar refractivity (Wildman–Crippen MR) is 183 cm³/mol. The lowest BCUT2D eigenvalue weighted by atomic mass is 10.1. The van der Waals surface area contributed by atoms with Gasteiger partial charge in [0.2, 0.25) is 17.7 Å². The Bertz CT molecular complexity index is 1540. The zero-order valence-corrected chi connectivity index (χ0v) is 28.7. The van der Waals surface area contributed by atoms with Crippen LogP contribution in [-0.2, 0) is 19.2 Å². The Balaban J connectivity index is 0.00000392. The minimum absolute atomic E-state index is 0.204. The molecular formula is C34H43N5O8S. The van der Waals surface area contributed by atoms with Gasteiger partial charge in [-0.1, -0.05) is 45.9 Å². The maximum absolute atomic E-state index is 13.5. The second-order valence-electron chi connectivity index (χ2n) is 10.7. The molecular weight excluding hydrogens is 638 g/mol. The van der Waals surface area contributed by atoms with Crippen LogP contribution >= 0.6 is 11.3 Å². The number of amides is 4. The third-order valence-corrected chi connectivity index (χ3v) is 7.35. The molecule has 0 aliphatic rings. The molecule has 258 valence electrons. The van der Waals surface area contributed by atoms with Gasteiger partial charge in [0.25, 0.3) is 5.91 Å². The summed E-state index contributed by atoms with van der Waals surface area (Å²) >= 11 is 1.23. The standard InChI is InChI=1S/C32H37N5O8S.C2H6/c1-21(2)10-13-36(29(41)20-37(14-11-30(42)43)31(44)23-7-5-9-25(17-23)45-3)19-28(40)34-24-8-4-6-22(16-24)26(38)18-27(39)35-32-33-12-15-46-32;1-2/h4-9,12,15-17,21H,10-11,13-14,18-20H2,1-3H3,(H,34,40)(H,42,43)(H,33,35,39);1-2H3. The Morgan fingerprint density at radius 2 is 1.60 bits per heavy atom. The molecule has 3 rings (SSSR count). The number of Topliss-reactive ketones (excluding diaryl/α,β-unsaturated/α-hetero) is 1. The largest absolute Gasteiger partial charge is 0.497 e. The number of rotatable bonds is 17. The number of hydrogen-bond acceptors (Lipinski definition) is 9. The molecule has 2 aromatic carbocycles. The number of nitrogens with one attached hydrogen (secondary N) is 2. The summed E-state index contributed by atoms with van der Waals surface area (Å²) in [6.45, 7) is 7.14. The van der Waals surface area contributed by atoms with E-state index in [-0.39, 0.29) is 43.1 Å². The molecule has 4 amide bonds. The quantitative estimate of drug-likeness (QED) is 0.133. The normalized spacial score (nSPS) is 10.3. The lowest BCUT2D eigenvalue weighted by Gasteiger charge is -2.28. The van der Waals surface area contributed by atoms with Gasteiger partial charge in [-0.15, -0.1) is 11.3 Å². The van der Waals surface area contributed by atoms with Crippen LogP contribution in [0.25, 0.3) is 0 Å². The number of carbonyl (C=O) groups excluding carboxylic acids is 5. The molecule has 0 atom stereocenters. The highest BCUT2D eigenvalue weighted by atomic mass is 32.1. The molecule has 13 nitrogen and oxygen atoms in total. The number of aliphatic carboxylic acids is 1. The minimum atomic E-state index is -1.13. The molecule has 0 spiro atoms.